The molecule has 0 radical (unpaired) electrons. The van der Waals surface area contributed by atoms with Gasteiger partial charge in [-0.15, -0.1) is 0 Å². The van der Waals surface area contributed by atoms with Crippen LogP contribution in [0.3, 0.4) is 0 Å². The first kappa shape index (κ1) is 14.5. The monoisotopic (exact) mass is 266 g/mol. The number of hydrogen-bond donors (Lipinski definition) is 1. The van der Waals surface area contributed by atoms with E-state index in [1.54, 1.807) is 24.3 Å². The van der Waals surface area contributed by atoms with Crippen LogP contribution in [0.2, 0.25) is 0 Å². The molecule has 1 aromatic rings. The van der Waals surface area contributed by atoms with E-state index in [1.807, 2.05) is 13.8 Å². The van der Waals surface area contributed by atoms with Crippen LogP contribution in [0.4, 0.5) is 5.69 Å². The number of rotatable bonds is 5. The number of nitrogens with one attached hydrogen (secondary N) is 1. The van der Waals surface area contributed by atoms with Gasteiger partial charge < -0.3 is 5.32 Å². The van der Waals surface area contributed by atoms with Gasteiger partial charge in [0.15, 0.2) is 9.84 Å². The molecule has 98 valence electrons. The maximum absolute atomic E-state index is 11.3. The van der Waals surface area contributed by atoms with Crippen LogP contribution in [0.15, 0.2) is 29.2 Å². The van der Waals surface area contributed by atoms with E-state index in [1.165, 1.54) is 6.26 Å². The van der Waals surface area contributed by atoms with Crippen molar-refractivity contribution < 1.29 is 8.42 Å². The molecule has 0 amide bonds. The van der Waals surface area contributed by atoms with Crippen molar-refractivity contribution in [3.8, 4) is 6.07 Å². The fourth-order valence-electron chi connectivity index (χ4n) is 1.40. The maximum Gasteiger partial charge on any atom is 0.175 e. The van der Waals surface area contributed by atoms with Crippen LogP contribution in [0, 0.1) is 16.7 Å². The zero-order chi connectivity index (χ0) is 13.8. The summed E-state index contributed by atoms with van der Waals surface area (Å²) in [7, 11) is -3.14. The number of nitrogens with zero attached hydrogens (tertiary/aromatic N) is 1. The normalized spacial score (nSPS) is 11.9. The second kappa shape index (κ2) is 5.40. The van der Waals surface area contributed by atoms with Crippen LogP contribution < -0.4 is 5.32 Å². The Labute approximate surface area is 109 Å². The number of hydrogen-bond acceptors (Lipinski definition) is 4. The summed E-state index contributed by atoms with van der Waals surface area (Å²) in [5.41, 5.74) is 0.510. The highest BCUT2D eigenvalue weighted by Gasteiger charge is 2.15. The third kappa shape index (κ3) is 4.38. The van der Waals surface area contributed by atoms with Crippen LogP contribution in [0.25, 0.3) is 0 Å². The molecule has 1 aromatic carbocycles. The average molecular weight is 266 g/mol. The highest BCUT2D eigenvalue weighted by molar-refractivity contribution is 7.90. The van der Waals surface area contributed by atoms with Crippen molar-refractivity contribution in [1.29, 1.82) is 5.26 Å². The lowest BCUT2D eigenvalue weighted by molar-refractivity contribution is 0.466. The largest absolute Gasteiger partial charge is 0.385 e. The molecule has 18 heavy (non-hydrogen) atoms. The standard InChI is InChI=1S/C13H18N2O2S/c1-13(2,10-14)8-9-15-11-4-6-12(7-5-11)18(3,16)17/h4-7,15H,8-9H2,1-3H3. The Hall–Kier alpha value is -1.54. The van der Waals surface area contributed by atoms with Gasteiger partial charge in [0.2, 0.25) is 0 Å². The highest BCUT2D eigenvalue weighted by Crippen LogP contribution is 2.19. The lowest BCUT2D eigenvalue weighted by Crippen LogP contribution is -2.14. The van der Waals surface area contributed by atoms with Crippen LogP contribution in [-0.2, 0) is 9.84 Å². The third-order valence-corrected chi connectivity index (χ3v) is 3.79. The predicted molar refractivity (Wildman–Crippen MR) is 72.1 cm³/mol. The van der Waals surface area contributed by atoms with E-state index >= 15 is 0 Å². The van der Waals surface area contributed by atoms with Crippen LogP contribution in [0.1, 0.15) is 20.3 Å². The number of sulfone groups is 1. The van der Waals surface area contributed by atoms with Crippen LogP contribution in [-0.4, -0.2) is 21.2 Å². The molecule has 0 aromatic heterocycles. The van der Waals surface area contributed by atoms with Crippen molar-refractivity contribution >= 4 is 15.5 Å². The Kier molecular flexibility index (Phi) is 4.36. The minimum absolute atomic E-state index is 0.311. The van der Waals surface area contributed by atoms with E-state index in [9.17, 15) is 8.42 Å². The van der Waals surface area contributed by atoms with Crippen LogP contribution >= 0.6 is 0 Å². The molecule has 4 nitrogen and oxygen atoms in total. The second-order valence-corrected chi connectivity index (χ2v) is 6.98. The molecule has 5 heteroatoms. The quantitative estimate of drug-likeness (QED) is 0.888. The van der Waals surface area contributed by atoms with Gasteiger partial charge in [-0.05, 0) is 44.5 Å². The Morgan fingerprint density at radius 1 is 1.28 bits per heavy atom. The summed E-state index contributed by atoms with van der Waals surface area (Å²) in [5, 5.41) is 12.0. The maximum atomic E-state index is 11.3. The third-order valence-electron chi connectivity index (χ3n) is 2.66. The Balaban J connectivity index is 2.59. The summed E-state index contributed by atoms with van der Waals surface area (Å²) in [5.74, 6) is 0. The van der Waals surface area contributed by atoms with Gasteiger partial charge >= 0.3 is 0 Å². The average Bonchev–Trinajstić information content (AvgIpc) is 2.28. The van der Waals surface area contributed by atoms with Crippen molar-refractivity contribution in [3.05, 3.63) is 24.3 Å². The Morgan fingerprint density at radius 3 is 2.28 bits per heavy atom. The first-order valence-electron chi connectivity index (χ1n) is 5.70. The minimum atomic E-state index is -3.14. The molecule has 0 unspecified atom stereocenters. The molecule has 0 saturated heterocycles. The van der Waals surface area contributed by atoms with Gasteiger partial charge in [0, 0.05) is 18.5 Å². The molecule has 0 atom stereocenters. The lowest BCUT2D eigenvalue weighted by Gasteiger charge is -2.15. The minimum Gasteiger partial charge on any atom is -0.385 e. The molecule has 0 fully saturated rings. The van der Waals surface area contributed by atoms with E-state index in [4.69, 9.17) is 5.26 Å². The van der Waals surface area contributed by atoms with Gasteiger partial charge in [-0.25, -0.2) is 8.42 Å². The summed E-state index contributed by atoms with van der Waals surface area (Å²) in [4.78, 5) is 0.311. The SMILES string of the molecule is CC(C)(C#N)CCNc1ccc(S(C)(=O)=O)cc1. The molecule has 0 aliphatic rings. The highest BCUT2D eigenvalue weighted by atomic mass is 32.2. The molecule has 0 bridgehead atoms. The zero-order valence-corrected chi connectivity index (χ0v) is 11.7. The Bertz CT molecular complexity index is 539. The van der Waals surface area contributed by atoms with Gasteiger partial charge in [0.1, 0.15) is 0 Å². The number of anilines is 1. The predicted octanol–water partition coefficient (Wildman–Crippen LogP) is 2.44. The fourth-order valence-corrected chi connectivity index (χ4v) is 2.03. The fraction of sp³-hybridized carbons (Fsp3) is 0.462. The summed E-state index contributed by atoms with van der Waals surface area (Å²) in [6, 6.07) is 8.85. The first-order chi connectivity index (χ1) is 8.24. The number of benzene rings is 1. The van der Waals surface area contributed by atoms with Crippen LogP contribution in [0.5, 0.6) is 0 Å². The molecule has 0 spiro atoms. The van der Waals surface area contributed by atoms with Gasteiger partial charge in [-0.3, -0.25) is 0 Å². The second-order valence-electron chi connectivity index (χ2n) is 4.97. The Morgan fingerprint density at radius 2 is 1.83 bits per heavy atom. The van der Waals surface area contributed by atoms with Crippen molar-refractivity contribution in [3.63, 3.8) is 0 Å². The summed E-state index contributed by atoms with van der Waals surface area (Å²) < 4.78 is 22.5. The summed E-state index contributed by atoms with van der Waals surface area (Å²) in [6.45, 7) is 4.46. The molecule has 0 aliphatic carbocycles. The smallest absolute Gasteiger partial charge is 0.175 e. The molecule has 1 N–H and O–H groups in total. The zero-order valence-electron chi connectivity index (χ0n) is 10.9. The van der Waals surface area contributed by atoms with E-state index in [0.29, 0.717) is 11.4 Å². The number of nitriles is 1. The van der Waals surface area contributed by atoms with E-state index in [-0.39, 0.29) is 5.41 Å². The lowest BCUT2D eigenvalue weighted by atomic mass is 9.91. The first-order valence-corrected chi connectivity index (χ1v) is 7.59. The molecular weight excluding hydrogens is 248 g/mol. The van der Waals surface area contributed by atoms with E-state index < -0.39 is 9.84 Å². The topological polar surface area (TPSA) is 70.0 Å². The van der Waals surface area contributed by atoms with Crippen molar-refractivity contribution in [2.45, 2.75) is 25.2 Å². The van der Waals surface area contributed by atoms with Gasteiger partial charge in [-0.2, -0.15) is 5.26 Å². The van der Waals surface area contributed by atoms with Crippen molar-refractivity contribution in [2.75, 3.05) is 18.1 Å². The molecule has 0 saturated carbocycles. The molecular formula is C13H18N2O2S. The molecule has 0 heterocycles. The van der Waals surface area contributed by atoms with Crippen molar-refractivity contribution in [1.82, 2.24) is 0 Å². The molecule has 0 aliphatic heterocycles. The van der Waals surface area contributed by atoms with E-state index in [2.05, 4.69) is 11.4 Å². The van der Waals surface area contributed by atoms with Gasteiger partial charge in [0.05, 0.1) is 16.4 Å². The summed E-state index contributed by atoms with van der Waals surface area (Å²) in [6.07, 6.45) is 1.92. The van der Waals surface area contributed by atoms with E-state index in [0.717, 1.165) is 12.1 Å². The molecule has 1 rings (SSSR count). The van der Waals surface area contributed by atoms with Gasteiger partial charge in [-0.1, -0.05) is 0 Å². The summed E-state index contributed by atoms with van der Waals surface area (Å²) >= 11 is 0. The van der Waals surface area contributed by atoms with Gasteiger partial charge in [0.25, 0.3) is 0 Å². The van der Waals surface area contributed by atoms with Crippen molar-refractivity contribution in [2.24, 2.45) is 5.41 Å².